The highest BCUT2D eigenvalue weighted by Crippen LogP contribution is 2.28. The van der Waals surface area contributed by atoms with Gasteiger partial charge in [-0.25, -0.2) is 9.97 Å². The van der Waals surface area contributed by atoms with Crippen LogP contribution in [0.25, 0.3) is 0 Å². The summed E-state index contributed by atoms with van der Waals surface area (Å²) < 4.78 is 0. The lowest BCUT2D eigenvalue weighted by Gasteiger charge is -2.29. The van der Waals surface area contributed by atoms with Crippen LogP contribution in [-0.4, -0.2) is 22.4 Å². The van der Waals surface area contributed by atoms with Crippen LogP contribution < -0.4 is 10.2 Å². The minimum absolute atomic E-state index is 0.0826. The molecule has 0 bridgehead atoms. The summed E-state index contributed by atoms with van der Waals surface area (Å²) in [7, 11) is 0. The Morgan fingerprint density at radius 1 is 1.00 bits per heavy atom. The van der Waals surface area contributed by atoms with Crippen LogP contribution in [0.1, 0.15) is 39.3 Å². The lowest BCUT2D eigenvalue weighted by molar-refractivity contribution is 0.0980. The molecule has 142 valence electrons. The van der Waals surface area contributed by atoms with Gasteiger partial charge in [-0.2, -0.15) is 0 Å². The highest BCUT2D eigenvalue weighted by Gasteiger charge is 2.24. The van der Waals surface area contributed by atoms with E-state index in [1.54, 1.807) is 6.07 Å². The van der Waals surface area contributed by atoms with E-state index in [2.05, 4.69) is 47.3 Å². The van der Waals surface area contributed by atoms with Gasteiger partial charge in [-0.15, -0.1) is 0 Å². The van der Waals surface area contributed by atoms with Gasteiger partial charge in [0.2, 0.25) is 5.95 Å². The molecule has 0 atom stereocenters. The Hall–Kier alpha value is -3.21. The van der Waals surface area contributed by atoms with Crippen molar-refractivity contribution >= 4 is 23.2 Å². The minimum Gasteiger partial charge on any atom is -0.324 e. The topological polar surface area (TPSA) is 58.1 Å². The lowest BCUT2D eigenvalue weighted by Crippen LogP contribution is -2.36. The van der Waals surface area contributed by atoms with Crippen LogP contribution in [0, 0.1) is 20.8 Å². The minimum atomic E-state index is -0.0826. The molecular weight excluding hydrogens is 348 g/mol. The zero-order chi connectivity index (χ0) is 19.7. The summed E-state index contributed by atoms with van der Waals surface area (Å²) in [5, 5.41) is 3.24. The third-order valence-electron chi connectivity index (χ3n) is 5.19. The molecule has 2 aromatic carbocycles. The van der Waals surface area contributed by atoms with E-state index < -0.39 is 0 Å². The fourth-order valence-corrected chi connectivity index (χ4v) is 3.57. The number of carbonyl (C=O) groups excluding carboxylic acids is 1. The fraction of sp³-hybridized carbons (Fsp3) is 0.261. The Morgan fingerprint density at radius 3 is 2.64 bits per heavy atom. The average Bonchev–Trinajstić information content (AvgIpc) is 2.69. The van der Waals surface area contributed by atoms with E-state index in [-0.39, 0.29) is 5.91 Å². The number of nitrogens with zero attached hydrogens (tertiary/aromatic N) is 3. The van der Waals surface area contributed by atoms with Crippen molar-refractivity contribution in [1.82, 2.24) is 9.97 Å². The number of para-hydroxylation sites is 1. The largest absolute Gasteiger partial charge is 0.324 e. The van der Waals surface area contributed by atoms with Gasteiger partial charge < -0.3 is 10.2 Å². The summed E-state index contributed by atoms with van der Waals surface area (Å²) in [5.41, 5.74) is 6.70. The van der Waals surface area contributed by atoms with Gasteiger partial charge in [0.1, 0.15) is 5.69 Å². The highest BCUT2D eigenvalue weighted by molar-refractivity contribution is 6.05. The number of amides is 1. The van der Waals surface area contributed by atoms with Gasteiger partial charge in [-0.3, -0.25) is 4.79 Å². The average molecular weight is 372 g/mol. The maximum Gasteiger partial charge on any atom is 0.277 e. The maximum atomic E-state index is 13.2. The third kappa shape index (κ3) is 3.60. The number of aryl methyl sites for hydroxylation is 4. The Kier molecular flexibility index (Phi) is 4.82. The van der Waals surface area contributed by atoms with Gasteiger partial charge in [0.25, 0.3) is 5.91 Å². The van der Waals surface area contributed by atoms with Gasteiger partial charge in [0.05, 0.1) is 0 Å². The Morgan fingerprint density at radius 2 is 1.82 bits per heavy atom. The molecule has 3 aromatic rings. The summed E-state index contributed by atoms with van der Waals surface area (Å²) in [6.07, 6.45) is 1.96. The summed E-state index contributed by atoms with van der Waals surface area (Å²) in [6.45, 7) is 6.74. The first kappa shape index (κ1) is 18.2. The normalized spacial score (nSPS) is 13.2. The highest BCUT2D eigenvalue weighted by atomic mass is 16.2. The second-order valence-electron chi connectivity index (χ2n) is 7.33. The van der Waals surface area contributed by atoms with Crippen LogP contribution in [0.4, 0.5) is 17.3 Å². The number of anilines is 3. The van der Waals surface area contributed by atoms with Gasteiger partial charge in [-0.1, -0.05) is 24.3 Å². The summed E-state index contributed by atoms with van der Waals surface area (Å²) in [5.74, 6) is 0.359. The van der Waals surface area contributed by atoms with Crippen LogP contribution >= 0.6 is 0 Å². The van der Waals surface area contributed by atoms with Gasteiger partial charge in [-0.05, 0) is 74.6 Å². The molecule has 0 saturated carbocycles. The van der Waals surface area contributed by atoms with Crippen molar-refractivity contribution in [1.29, 1.82) is 0 Å². The van der Waals surface area contributed by atoms with E-state index in [1.165, 1.54) is 16.7 Å². The van der Waals surface area contributed by atoms with Gasteiger partial charge in [0, 0.05) is 23.6 Å². The molecule has 0 unspecified atom stereocenters. The Balaban J connectivity index is 1.64. The maximum absolute atomic E-state index is 13.2. The first-order chi connectivity index (χ1) is 13.5. The van der Waals surface area contributed by atoms with Crippen molar-refractivity contribution in [2.24, 2.45) is 0 Å². The molecule has 0 aliphatic carbocycles. The standard InChI is InChI=1S/C23H24N4O/c1-15-10-11-19(13-16(15)2)25-23-24-17(3)14-20(26-23)22(28)27-12-6-8-18-7-4-5-9-21(18)27/h4-5,7,9-11,13-14H,6,8,12H2,1-3H3,(H,24,25,26). The summed E-state index contributed by atoms with van der Waals surface area (Å²) in [6, 6.07) is 16.0. The molecule has 1 amide bonds. The molecule has 28 heavy (non-hydrogen) atoms. The second-order valence-corrected chi connectivity index (χ2v) is 7.33. The van der Waals surface area contributed by atoms with Crippen molar-refractivity contribution in [3.8, 4) is 0 Å². The number of rotatable bonds is 3. The van der Waals surface area contributed by atoms with Crippen molar-refractivity contribution in [2.75, 3.05) is 16.8 Å². The monoisotopic (exact) mass is 372 g/mol. The predicted octanol–water partition coefficient (Wildman–Crippen LogP) is 4.74. The molecule has 1 aliphatic rings. The van der Waals surface area contributed by atoms with E-state index in [9.17, 15) is 4.79 Å². The van der Waals surface area contributed by atoms with Crippen molar-refractivity contribution in [3.63, 3.8) is 0 Å². The summed E-state index contributed by atoms with van der Waals surface area (Å²) in [4.78, 5) is 24.0. The SMILES string of the molecule is Cc1cc(C(=O)N2CCCc3ccccc32)nc(Nc2ccc(C)c(C)c2)n1. The third-order valence-corrected chi connectivity index (χ3v) is 5.19. The van der Waals surface area contributed by atoms with Crippen molar-refractivity contribution in [3.05, 3.63) is 76.6 Å². The number of hydrogen-bond donors (Lipinski definition) is 1. The number of carbonyl (C=O) groups is 1. The molecule has 0 radical (unpaired) electrons. The zero-order valence-electron chi connectivity index (χ0n) is 16.5. The van der Waals surface area contributed by atoms with Gasteiger partial charge >= 0.3 is 0 Å². The molecule has 1 aromatic heterocycles. The molecule has 0 spiro atoms. The first-order valence-corrected chi connectivity index (χ1v) is 9.61. The van der Waals surface area contributed by atoms with Crippen molar-refractivity contribution < 1.29 is 4.79 Å². The number of aromatic nitrogens is 2. The van der Waals surface area contributed by atoms with Crippen LogP contribution in [0.2, 0.25) is 0 Å². The van der Waals surface area contributed by atoms with E-state index >= 15 is 0 Å². The number of nitrogens with one attached hydrogen (secondary N) is 1. The molecule has 2 heterocycles. The molecule has 0 fully saturated rings. The second kappa shape index (κ2) is 7.43. The first-order valence-electron chi connectivity index (χ1n) is 9.61. The zero-order valence-corrected chi connectivity index (χ0v) is 16.5. The van der Waals surface area contributed by atoms with E-state index in [0.29, 0.717) is 18.2 Å². The van der Waals surface area contributed by atoms with E-state index in [4.69, 9.17) is 0 Å². The Labute approximate surface area is 165 Å². The van der Waals surface area contributed by atoms with E-state index in [1.807, 2.05) is 36.1 Å². The molecule has 0 saturated heterocycles. The smallest absolute Gasteiger partial charge is 0.277 e. The Bertz CT molecular complexity index is 1040. The van der Waals surface area contributed by atoms with Crippen LogP contribution in [0.15, 0.2) is 48.5 Å². The van der Waals surface area contributed by atoms with Crippen LogP contribution in [0.3, 0.4) is 0 Å². The number of hydrogen-bond acceptors (Lipinski definition) is 4. The lowest BCUT2D eigenvalue weighted by atomic mass is 10.0. The molecule has 1 aliphatic heterocycles. The quantitative estimate of drug-likeness (QED) is 0.721. The summed E-state index contributed by atoms with van der Waals surface area (Å²) >= 11 is 0. The number of fused-ring (bicyclic) bond motifs is 1. The van der Waals surface area contributed by atoms with E-state index in [0.717, 1.165) is 29.9 Å². The molecule has 5 heteroatoms. The van der Waals surface area contributed by atoms with Gasteiger partial charge in [0.15, 0.2) is 0 Å². The van der Waals surface area contributed by atoms with Crippen LogP contribution in [-0.2, 0) is 6.42 Å². The molecule has 5 nitrogen and oxygen atoms in total. The molecule has 4 rings (SSSR count). The molecule has 1 N–H and O–H groups in total. The fourth-order valence-electron chi connectivity index (χ4n) is 3.57. The predicted molar refractivity (Wildman–Crippen MR) is 112 cm³/mol. The van der Waals surface area contributed by atoms with Crippen molar-refractivity contribution in [2.45, 2.75) is 33.6 Å². The van der Waals surface area contributed by atoms with Crippen LogP contribution in [0.5, 0.6) is 0 Å². The molecular formula is C23H24N4O. The number of benzene rings is 2.